The quantitative estimate of drug-likeness (QED) is 0.233. The van der Waals surface area contributed by atoms with Crippen molar-refractivity contribution in [1.29, 1.82) is 5.26 Å². The second-order valence-electron chi connectivity index (χ2n) is 6.57. The van der Waals surface area contributed by atoms with Gasteiger partial charge < -0.3 is 19.5 Å². The number of nitriles is 1. The van der Waals surface area contributed by atoms with Gasteiger partial charge >= 0.3 is 5.97 Å². The molecule has 2 aromatic rings. The van der Waals surface area contributed by atoms with E-state index in [0.717, 1.165) is 11.1 Å². The molecule has 8 heteroatoms. The van der Waals surface area contributed by atoms with E-state index in [9.17, 15) is 14.9 Å². The highest BCUT2D eigenvalue weighted by Crippen LogP contribution is 2.34. The molecule has 0 aliphatic heterocycles. The van der Waals surface area contributed by atoms with Gasteiger partial charge in [-0.3, -0.25) is 4.79 Å². The predicted molar refractivity (Wildman–Crippen MR) is 126 cm³/mol. The summed E-state index contributed by atoms with van der Waals surface area (Å²) in [5.74, 6) is -0.244. The van der Waals surface area contributed by atoms with Crippen LogP contribution in [-0.4, -0.2) is 32.2 Å². The largest absolute Gasteiger partial charge is 0.493 e. The molecule has 7 nitrogen and oxygen atoms in total. The van der Waals surface area contributed by atoms with E-state index in [2.05, 4.69) is 5.32 Å². The molecule has 0 saturated carbocycles. The molecule has 0 unspecified atom stereocenters. The normalized spacial score (nSPS) is 10.8. The first-order valence-electron chi connectivity index (χ1n) is 9.45. The Labute approximate surface area is 195 Å². The highest BCUT2D eigenvalue weighted by Gasteiger charge is 2.16. The molecule has 0 aromatic heterocycles. The second-order valence-corrected chi connectivity index (χ2v) is 7.73. The average Bonchev–Trinajstić information content (AvgIpc) is 2.72. The number of benzene rings is 2. The number of carbonyl (C=O) groups is 2. The summed E-state index contributed by atoms with van der Waals surface area (Å²) in [6.45, 7) is 5.58. The van der Waals surface area contributed by atoms with E-state index in [4.69, 9.17) is 14.2 Å². The fraction of sp³-hybridized carbons (Fsp3) is 0.261. The minimum atomic E-state index is -0.508. The van der Waals surface area contributed by atoms with E-state index in [0.29, 0.717) is 26.3 Å². The highest BCUT2D eigenvalue weighted by molar-refractivity contribution is 14.1. The summed E-state index contributed by atoms with van der Waals surface area (Å²) in [6, 6.07) is 10.9. The second kappa shape index (κ2) is 11.4. The maximum Gasteiger partial charge on any atom is 0.344 e. The smallest absolute Gasteiger partial charge is 0.344 e. The summed E-state index contributed by atoms with van der Waals surface area (Å²) >= 11 is 2.04. The number of rotatable bonds is 8. The molecule has 0 fully saturated rings. The van der Waals surface area contributed by atoms with Gasteiger partial charge in [-0.25, -0.2) is 4.79 Å². The third kappa shape index (κ3) is 6.72. The molecular formula is C23H23IN2O5. The summed E-state index contributed by atoms with van der Waals surface area (Å²) in [4.78, 5) is 24.2. The first-order valence-corrected chi connectivity index (χ1v) is 10.5. The van der Waals surface area contributed by atoms with Gasteiger partial charge in [0.25, 0.3) is 5.91 Å². The minimum absolute atomic E-state index is 0.0574. The number of hydrogen-bond donors (Lipinski definition) is 1. The average molecular weight is 534 g/mol. The lowest BCUT2D eigenvalue weighted by molar-refractivity contribution is -0.145. The van der Waals surface area contributed by atoms with Gasteiger partial charge in [0.2, 0.25) is 0 Å². The van der Waals surface area contributed by atoms with Gasteiger partial charge in [0.15, 0.2) is 18.1 Å². The number of ether oxygens (including phenoxy) is 3. The molecule has 0 radical (unpaired) electrons. The zero-order chi connectivity index (χ0) is 23.0. The monoisotopic (exact) mass is 534 g/mol. The molecule has 0 aliphatic carbocycles. The Hall–Kier alpha value is -3.06. The van der Waals surface area contributed by atoms with Crippen LogP contribution >= 0.6 is 22.6 Å². The van der Waals surface area contributed by atoms with Crippen molar-refractivity contribution in [3.05, 3.63) is 56.2 Å². The molecular weight excluding hydrogens is 511 g/mol. The van der Waals surface area contributed by atoms with Crippen LogP contribution < -0.4 is 14.8 Å². The van der Waals surface area contributed by atoms with Crippen molar-refractivity contribution >= 4 is 46.2 Å². The van der Waals surface area contributed by atoms with Crippen molar-refractivity contribution in [3.8, 4) is 17.6 Å². The number of amides is 1. The maximum absolute atomic E-state index is 12.6. The molecule has 0 saturated heterocycles. The Morgan fingerprint density at radius 2 is 1.97 bits per heavy atom. The fourth-order valence-electron chi connectivity index (χ4n) is 2.76. The highest BCUT2D eigenvalue weighted by atomic mass is 127. The van der Waals surface area contributed by atoms with Gasteiger partial charge in [-0.15, -0.1) is 0 Å². The van der Waals surface area contributed by atoms with E-state index in [1.54, 1.807) is 25.1 Å². The Bertz CT molecular complexity index is 1060. The molecule has 0 atom stereocenters. The first-order chi connectivity index (χ1) is 14.8. The van der Waals surface area contributed by atoms with Crippen LogP contribution in [-0.2, 0) is 14.3 Å². The number of carbonyl (C=O) groups excluding carboxylic acids is 2. The van der Waals surface area contributed by atoms with Crippen LogP contribution in [0, 0.1) is 28.7 Å². The summed E-state index contributed by atoms with van der Waals surface area (Å²) < 4.78 is 16.4. The predicted octanol–water partition coefficient (Wildman–Crippen LogP) is 4.40. The van der Waals surface area contributed by atoms with E-state index in [1.807, 2.05) is 54.6 Å². The van der Waals surface area contributed by atoms with Crippen molar-refractivity contribution in [2.24, 2.45) is 0 Å². The zero-order valence-electron chi connectivity index (χ0n) is 17.7. The van der Waals surface area contributed by atoms with Crippen LogP contribution in [0.2, 0.25) is 0 Å². The topological polar surface area (TPSA) is 97.7 Å². The number of aryl methyl sites for hydroxylation is 2. The number of halogens is 1. The number of methoxy groups -OCH3 is 1. The Balaban J connectivity index is 2.27. The van der Waals surface area contributed by atoms with Crippen LogP contribution in [0.15, 0.2) is 35.9 Å². The van der Waals surface area contributed by atoms with Crippen molar-refractivity contribution in [1.82, 2.24) is 0 Å². The molecule has 0 spiro atoms. The third-order valence-corrected chi connectivity index (χ3v) is 5.00. The number of esters is 1. The molecule has 162 valence electrons. The Morgan fingerprint density at radius 3 is 2.58 bits per heavy atom. The van der Waals surface area contributed by atoms with Gasteiger partial charge in [0.1, 0.15) is 11.6 Å². The van der Waals surface area contributed by atoms with E-state index >= 15 is 0 Å². The molecule has 1 amide bonds. The van der Waals surface area contributed by atoms with E-state index in [-0.39, 0.29) is 18.8 Å². The standard InChI is InChI=1S/C23H23IN2O5/c1-5-30-21(27)13-31-22-18(24)10-16(11-20(22)29-4)9-17(12-25)23(28)26-19-7-6-14(2)8-15(19)3/h6-11H,5,13H2,1-4H3,(H,26,28)/b17-9+. The van der Waals surface area contributed by atoms with Crippen LogP contribution in [0.5, 0.6) is 11.5 Å². The number of hydrogen-bond acceptors (Lipinski definition) is 6. The van der Waals surface area contributed by atoms with Gasteiger partial charge in [0, 0.05) is 5.69 Å². The molecule has 31 heavy (non-hydrogen) atoms. The summed E-state index contributed by atoms with van der Waals surface area (Å²) in [5, 5.41) is 12.3. The van der Waals surface area contributed by atoms with Crippen molar-refractivity contribution in [3.63, 3.8) is 0 Å². The van der Waals surface area contributed by atoms with Crippen LogP contribution in [0.3, 0.4) is 0 Å². The van der Waals surface area contributed by atoms with E-state index < -0.39 is 11.9 Å². The molecule has 0 aliphatic rings. The van der Waals surface area contributed by atoms with Gasteiger partial charge in [-0.05, 0) is 78.8 Å². The van der Waals surface area contributed by atoms with Gasteiger partial charge in [-0.1, -0.05) is 17.7 Å². The zero-order valence-corrected chi connectivity index (χ0v) is 19.9. The van der Waals surface area contributed by atoms with Crippen molar-refractivity contribution in [2.45, 2.75) is 20.8 Å². The Kier molecular flexibility index (Phi) is 8.88. The van der Waals surface area contributed by atoms with Crippen LogP contribution in [0.25, 0.3) is 6.08 Å². The molecule has 0 bridgehead atoms. The molecule has 1 N–H and O–H groups in total. The lowest BCUT2D eigenvalue weighted by atomic mass is 10.1. The summed E-state index contributed by atoms with van der Waals surface area (Å²) in [7, 11) is 1.47. The van der Waals surface area contributed by atoms with Gasteiger partial charge in [-0.2, -0.15) is 5.26 Å². The van der Waals surface area contributed by atoms with Crippen LogP contribution in [0.4, 0.5) is 5.69 Å². The SMILES string of the molecule is CCOC(=O)COc1c(I)cc(/C=C(\C#N)C(=O)Nc2ccc(C)cc2C)cc1OC. The first kappa shape index (κ1) is 24.2. The fourth-order valence-corrected chi connectivity index (χ4v) is 3.54. The summed E-state index contributed by atoms with van der Waals surface area (Å²) in [5.41, 5.74) is 3.16. The van der Waals surface area contributed by atoms with Gasteiger partial charge in [0.05, 0.1) is 17.3 Å². The van der Waals surface area contributed by atoms with Crippen molar-refractivity contribution < 1.29 is 23.8 Å². The molecule has 2 rings (SSSR count). The third-order valence-electron chi connectivity index (χ3n) is 4.20. The maximum atomic E-state index is 12.6. The summed E-state index contributed by atoms with van der Waals surface area (Å²) in [6.07, 6.45) is 1.47. The lowest BCUT2D eigenvalue weighted by Crippen LogP contribution is -2.15. The number of nitrogens with zero attached hydrogens (tertiary/aromatic N) is 1. The molecule has 0 heterocycles. The number of anilines is 1. The lowest BCUT2D eigenvalue weighted by Gasteiger charge is -2.13. The molecule has 2 aromatic carbocycles. The van der Waals surface area contributed by atoms with E-state index in [1.165, 1.54) is 13.2 Å². The minimum Gasteiger partial charge on any atom is -0.493 e. The van der Waals surface area contributed by atoms with Crippen molar-refractivity contribution in [2.75, 3.05) is 25.6 Å². The van der Waals surface area contributed by atoms with Crippen LogP contribution in [0.1, 0.15) is 23.6 Å². The Morgan fingerprint density at radius 1 is 1.23 bits per heavy atom. The number of nitrogens with one attached hydrogen (secondary N) is 1.